The van der Waals surface area contributed by atoms with Crippen LogP contribution in [-0.4, -0.2) is 48.9 Å². The number of aliphatic imine (C=N–C) groups is 1. The van der Waals surface area contributed by atoms with E-state index in [4.69, 9.17) is 9.73 Å². The van der Waals surface area contributed by atoms with Gasteiger partial charge in [0.05, 0.1) is 19.5 Å². The van der Waals surface area contributed by atoms with Crippen molar-refractivity contribution in [2.24, 2.45) is 39.5 Å². The molecule has 1 aliphatic heterocycles. The van der Waals surface area contributed by atoms with Crippen LogP contribution in [0.3, 0.4) is 0 Å². The number of carbonyl (C=O) groups is 4. The smallest absolute Gasteiger partial charge is 0.313 e. The lowest BCUT2D eigenvalue weighted by Crippen LogP contribution is -2.34. The third kappa shape index (κ3) is 9.95. The lowest BCUT2D eigenvalue weighted by atomic mass is 9.70. The van der Waals surface area contributed by atoms with Crippen molar-refractivity contribution in [3.05, 3.63) is 46.5 Å². The first-order chi connectivity index (χ1) is 21.6. The Morgan fingerprint density at radius 1 is 0.913 bits per heavy atom. The maximum atomic E-state index is 13.3. The number of ketones is 2. The first-order valence-corrected chi connectivity index (χ1v) is 17.4. The number of hydrogen-bond donors (Lipinski definition) is 1. The molecule has 4 unspecified atom stereocenters. The van der Waals surface area contributed by atoms with Gasteiger partial charge >= 0.3 is 5.97 Å². The van der Waals surface area contributed by atoms with Gasteiger partial charge in [0, 0.05) is 30.4 Å². The first kappa shape index (κ1) is 35.8. The fraction of sp³-hybridized carbons (Fsp3) is 0.667. The van der Waals surface area contributed by atoms with Crippen LogP contribution in [0.15, 0.2) is 40.4 Å². The van der Waals surface area contributed by atoms with E-state index in [1.165, 1.54) is 11.1 Å². The molecule has 0 spiro atoms. The average Bonchev–Trinajstić information content (AvgIpc) is 3.55. The molecule has 1 amide bonds. The van der Waals surface area contributed by atoms with Gasteiger partial charge in [0.2, 0.25) is 5.91 Å². The summed E-state index contributed by atoms with van der Waals surface area (Å²) < 4.78 is 5.15. The van der Waals surface area contributed by atoms with Crippen molar-refractivity contribution in [2.75, 3.05) is 19.7 Å². The minimum atomic E-state index is -0.543. The summed E-state index contributed by atoms with van der Waals surface area (Å²) in [6.07, 6.45) is 6.90. The summed E-state index contributed by atoms with van der Waals surface area (Å²) in [5.41, 5.74) is 6.38. The summed E-state index contributed by atoms with van der Waals surface area (Å²) in [5.74, 6) is 0.958. The van der Waals surface area contributed by atoms with Crippen molar-refractivity contribution in [1.82, 2.24) is 5.32 Å². The molecule has 46 heavy (non-hydrogen) atoms. The molecule has 4 atom stereocenters. The monoisotopic (exact) mass is 632 g/mol. The standard InChI is InChI=1S/C39H56N2O5/c1-25-24-41-37(36-28-21-30(31(22-28)35(25)36)32(43)11-9-17-39(5,6)7)27-14-12-26(13-15-27)20-33(44)40-18-19-46-34(45)23-29(42)10-8-16-38(2,3)4/h12-15,28,30-31,36H,8-11,16-24H2,1-7H3,(H,40,44). The summed E-state index contributed by atoms with van der Waals surface area (Å²) in [5, 5.41) is 2.80. The van der Waals surface area contributed by atoms with Crippen LogP contribution in [0.1, 0.15) is 117 Å². The van der Waals surface area contributed by atoms with Crippen LogP contribution in [0.2, 0.25) is 0 Å². The number of Topliss-reactive ketones (excluding diaryl/α,β-unsaturated/α-hetero) is 2. The fourth-order valence-electron chi connectivity index (χ4n) is 7.64. The summed E-state index contributed by atoms with van der Waals surface area (Å²) in [6.45, 7) is 16.2. The molecule has 2 fully saturated rings. The van der Waals surface area contributed by atoms with Crippen LogP contribution in [0.4, 0.5) is 0 Å². The Balaban J connectivity index is 1.21. The van der Waals surface area contributed by atoms with Crippen molar-refractivity contribution in [3.8, 4) is 0 Å². The minimum Gasteiger partial charge on any atom is -0.463 e. The number of esters is 1. The van der Waals surface area contributed by atoms with Crippen LogP contribution < -0.4 is 5.32 Å². The highest BCUT2D eigenvalue weighted by molar-refractivity contribution is 6.05. The van der Waals surface area contributed by atoms with Gasteiger partial charge in [-0.1, -0.05) is 77.0 Å². The number of hydrogen-bond acceptors (Lipinski definition) is 6. The zero-order valence-corrected chi connectivity index (χ0v) is 29.3. The number of dihydropyridines is 1. The van der Waals surface area contributed by atoms with Gasteiger partial charge in [-0.2, -0.15) is 0 Å². The van der Waals surface area contributed by atoms with Crippen LogP contribution in [0.5, 0.6) is 0 Å². The molecular weight excluding hydrogens is 576 g/mol. The van der Waals surface area contributed by atoms with Gasteiger partial charge in [0.25, 0.3) is 0 Å². The number of amides is 1. The maximum Gasteiger partial charge on any atom is 0.313 e. The van der Waals surface area contributed by atoms with E-state index in [1.807, 2.05) is 12.1 Å². The number of rotatable bonds is 15. The second-order valence-corrected chi connectivity index (χ2v) is 16.3. The molecule has 0 radical (unpaired) electrons. The molecule has 2 bridgehead atoms. The fourth-order valence-corrected chi connectivity index (χ4v) is 7.64. The number of allylic oxidation sites excluding steroid dienone is 1. The molecule has 1 heterocycles. The van der Waals surface area contributed by atoms with E-state index in [9.17, 15) is 19.2 Å². The van der Waals surface area contributed by atoms with Crippen molar-refractivity contribution in [3.63, 3.8) is 0 Å². The lowest BCUT2D eigenvalue weighted by Gasteiger charge is -2.35. The molecule has 252 valence electrons. The van der Waals surface area contributed by atoms with E-state index >= 15 is 0 Å². The van der Waals surface area contributed by atoms with Gasteiger partial charge in [-0.25, -0.2) is 0 Å². The second kappa shape index (κ2) is 15.2. The van der Waals surface area contributed by atoms with Crippen molar-refractivity contribution < 1.29 is 23.9 Å². The SMILES string of the molecule is CC1=C2C3CC(CC3C(=O)CCCC(C)(C)C)C2C(c2ccc(CC(=O)NCCOC(=O)CC(=O)CCCC(C)(C)C)cc2)=NC1. The molecular formula is C39H56N2O5. The summed E-state index contributed by atoms with van der Waals surface area (Å²) in [7, 11) is 0. The predicted octanol–water partition coefficient (Wildman–Crippen LogP) is 7.24. The lowest BCUT2D eigenvalue weighted by molar-refractivity contribution is -0.146. The van der Waals surface area contributed by atoms with Gasteiger partial charge in [-0.15, -0.1) is 0 Å². The zero-order valence-electron chi connectivity index (χ0n) is 29.3. The molecule has 0 aromatic heterocycles. The second-order valence-electron chi connectivity index (χ2n) is 16.3. The number of fused-ring (bicyclic) bond motifs is 5. The Morgan fingerprint density at radius 2 is 1.57 bits per heavy atom. The van der Waals surface area contributed by atoms with Gasteiger partial charge in [-0.3, -0.25) is 24.2 Å². The number of ether oxygens (including phenoxy) is 1. The molecule has 1 N–H and O–H groups in total. The van der Waals surface area contributed by atoms with Crippen molar-refractivity contribution in [2.45, 2.75) is 113 Å². The molecule has 3 aliphatic rings. The predicted molar refractivity (Wildman–Crippen MR) is 183 cm³/mol. The Morgan fingerprint density at radius 3 is 2.22 bits per heavy atom. The Hall–Kier alpha value is -3.09. The van der Waals surface area contributed by atoms with E-state index in [2.05, 4.69) is 65.9 Å². The van der Waals surface area contributed by atoms with Crippen LogP contribution in [-0.2, 0) is 30.3 Å². The molecule has 7 nitrogen and oxygen atoms in total. The molecule has 0 saturated heterocycles. The molecule has 7 heteroatoms. The third-order valence-electron chi connectivity index (χ3n) is 9.87. The number of carbonyl (C=O) groups excluding carboxylic acids is 4. The number of nitrogens with one attached hydrogen (secondary N) is 1. The highest BCUT2D eigenvalue weighted by atomic mass is 16.5. The van der Waals surface area contributed by atoms with Crippen LogP contribution >= 0.6 is 0 Å². The third-order valence-corrected chi connectivity index (χ3v) is 9.87. The van der Waals surface area contributed by atoms with E-state index in [0.717, 1.165) is 55.4 Å². The van der Waals surface area contributed by atoms with Gasteiger partial charge in [0.1, 0.15) is 24.6 Å². The quantitative estimate of drug-likeness (QED) is 0.0951. The topological polar surface area (TPSA) is 102 Å². The molecule has 1 aromatic rings. The van der Waals surface area contributed by atoms with Crippen LogP contribution in [0, 0.1) is 34.5 Å². The van der Waals surface area contributed by atoms with E-state index in [0.29, 0.717) is 42.9 Å². The number of nitrogens with zero attached hydrogens (tertiary/aromatic N) is 1. The minimum absolute atomic E-state index is 0.0425. The largest absolute Gasteiger partial charge is 0.463 e. The number of benzene rings is 1. The average molecular weight is 633 g/mol. The highest BCUT2D eigenvalue weighted by Crippen LogP contribution is 2.58. The van der Waals surface area contributed by atoms with E-state index in [-0.39, 0.29) is 54.4 Å². The molecule has 1 aromatic carbocycles. The highest BCUT2D eigenvalue weighted by Gasteiger charge is 2.54. The van der Waals surface area contributed by atoms with E-state index in [1.54, 1.807) is 0 Å². The summed E-state index contributed by atoms with van der Waals surface area (Å²) in [6, 6.07) is 8.12. The Bertz CT molecular complexity index is 1340. The molecule has 2 aliphatic carbocycles. The van der Waals surface area contributed by atoms with Crippen molar-refractivity contribution in [1.29, 1.82) is 0 Å². The maximum absolute atomic E-state index is 13.3. The van der Waals surface area contributed by atoms with Crippen LogP contribution in [0.25, 0.3) is 0 Å². The normalized spacial score (nSPS) is 22.4. The van der Waals surface area contributed by atoms with Gasteiger partial charge in [-0.05, 0) is 79.2 Å². The Labute approximate surface area is 276 Å². The molecule has 4 rings (SSSR count). The van der Waals surface area contributed by atoms with Gasteiger partial charge in [0.15, 0.2) is 0 Å². The Kier molecular flexibility index (Phi) is 11.8. The first-order valence-electron chi connectivity index (χ1n) is 17.4. The summed E-state index contributed by atoms with van der Waals surface area (Å²) in [4.78, 5) is 54.8. The zero-order chi connectivity index (χ0) is 33.6. The van der Waals surface area contributed by atoms with Crippen molar-refractivity contribution >= 4 is 29.2 Å². The van der Waals surface area contributed by atoms with E-state index < -0.39 is 5.97 Å². The van der Waals surface area contributed by atoms with Gasteiger partial charge < -0.3 is 10.1 Å². The molecule has 2 saturated carbocycles. The summed E-state index contributed by atoms with van der Waals surface area (Å²) >= 11 is 0.